The molecule has 0 atom stereocenters. The van der Waals surface area contributed by atoms with Crippen LogP contribution in [0.4, 0.5) is 0 Å². The van der Waals surface area contributed by atoms with Crippen molar-refractivity contribution in [1.29, 1.82) is 0 Å². The van der Waals surface area contributed by atoms with E-state index < -0.39 is 0 Å². The van der Waals surface area contributed by atoms with Gasteiger partial charge in [0.25, 0.3) is 11.8 Å². The summed E-state index contributed by atoms with van der Waals surface area (Å²) >= 11 is 0. The lowest BCUT2D eigenvalue weighted by Gasteiger charge is -2.38. The molecule has 2 heterocycles. The zero-order valence-electron chi connectivity index (χ0n) is 14.5. The molecule has 0 spiro atoms. The number of carbonyl (C=O) groups excluding carboxylic acids is 3. The highest BCUT2D eigenvalue weighted by molar-refractivity contribution is 6.22. The number of piperidine rings is 1. The molecule has 1 saturated carbocycles. The van der Waals surface area contributed by atoms with E-state index in [1.54, 1.807) is 24.3 Å². The molecule has 1 aromatic carbocycles. The second-order valence-corrected chi connectivity index (χ2v) is 7.31. The first kappa shape index (κ1) is 16.3. The molecule has 0 radical (unpaired) electrons. The number of nitrogens with zero attached hydrogens (tertiary/aromatic N) is 3. The van der Waals surface area contributed by atoms with Crippen molar-refractivity contribution in [3.05, 3.63) is 35.4 Å². The van der Waals surface area contributed by atoms with E-state index in [0.717, 1.165) is 43.7 Å². The Kier molecular flexibility index (Phi) is 4.07. The van der Waals surface area contributed by atoms with Crippen LogP contribution in [0, 0.1) is 0 Å². The number of hydrogen-bond donors (Lipinski definition) is 0. The molecule has 6 nitrogen and oxygen atoms in total. The van der Waals surface area contributed by atoms with Gasteiger partial charge in [-0.2, -0.15) is 0 Å². The van der Waals surface area contributed by atoms with E-state index in [1.165, 1.54) is 0 Å². The Labute approximate surface area is 147 Å². The average Bonchev–Trinajstić information content (AvgIpc) is 3.42. The molecule has 0 N–H and O–H groups in total. The maximum Gasteiger partial charge on any atom is 0.262 e. The smallest absolute Gasteiger partial charge is 0.262 e. The maximum atomic E-state index is 13.0. The molecule has 3 amide bonds. The topological polar surface area (TPSA) is 60.9 Å². The Hall–Kier alpha value is -2.21. The highest BCUT2D eigenvalue weighted by Gasteiger charge is 2.42. The number of benzene rings is 1. The summed E-state index contributed by atoms with van der Waals surface area (Å²) in [4.78, 5) is 43.3. The summed E-state index contributed by atoms with van der Waals surface area (Å²) < 4.78 is 0. The van der Waals surface area contributed by atoms with Crippen LogP contribution in [0.25, 0.3) is 0 Å². The molecule has 0 bridgehead atoms. The minimum absolute atomic E-state index is 0.0911. The Bertz CT molecular complexity index is 685. The molecule has 132 valence electrons. The molecule has 4 rings (SSSR count). The SMILES string of the molecule is CN1CCC(N(C(=O)CN2C(=O)c3ccccc3C2=O)C2CC2)CC1. The summed E-state index contributed by atoms with van der Waals surface area (Å²) in [5.41, 5.74) is 0.801. The Morgan fingerprint density at radius 3 is 2.04 bits per heavy atom. The highest BCUT2D eigenvalue weighted by atomic mass is 16.2. The van der Waals surface area contributed by atoms with Crippen molar-refractivity contribution in [2.45, 2.75) is 37.8 Å². The third-order valence-electron chi connectivity index (χ3n) is 5.48. The Morgan fingerprint density at radius 1 is 1.00 bits per heavy atom. The quantitative estimate of drug-likeness (QED) is 0.776. The van der Waals surface area contributed by atoms with E-state index in [1.807, 2.05) is 4.90 Å². The van der Waals surface area contributed by atoms with Gasteiger partial charge in [-0.15, -0.1) is 0 Å². The average molecular weight is 341 g/mol. The first-order valence-electron chi connectivity index (χ1n) is 9.01. The lowest BCUT2D eigenvalue weighted by atomic mass is 10.0. The van der Waals surface area contributed by atoms with Crippen LogP contribution in [-0.4, -0.2) is 71.2 Å². The largest absolute Gasteiger partial charge is 0.335 e. The lowest BCUT2D eigenvalue weighted by molar-refractivity contribution is -0.135. The molecule has 3 aliphatic rings. The second-order valence-electron chi connectivity index (χ2n) is 7.31. The molecule has 1 saturated heterocycles. The third kappa shape index (κ3) is 2.95. The fraction of sp³-hybridized carbons (Fsp3) is 0.526. The summed E-state index contributed by atoms with van der Waals surface area (Å²) in [6.07, 6.45) is 3.97. The van der Waals surface area contributed by atoms with Gasteiger partial charge in [0, 0.05) is 12.1 Å². The number of likely N-dealkylation sites (tertiary alicyclic amines) is 1. The molecule has 1 aliphatic carbocycles. The standard InChI is InChI=1S/C19H23N3O3/c1-20-10-8-14(9-11-20)22(13-6-7-13)17(23)12-21-18(24)15-4-2-3-5-16(15)19(21)25/h2-5,13-14H,6-12H2,1H3. The van der Waals surface area contributed by atoms with Gasteiger partial charge in [0.2, 0.25) is 5.91 Å². The monoisotopic (exact) mass is 341 g/mol. The van der Waals surface area contributed by atoms with Gasteiger partial charge in [0.1, 0.15) is 6.54 Å². The van der Waals surface area contributed by atoms with Gasteiger partial charge in [0.15, 0.2) is 0 Å². The fourth-order valence-corrected chi connectivity index (χ4v) is 3.93. The van der Waals surface area contributed by atoms with E-state index in [-0.39, 0.29) is 36.3 Å². The van der Waals surface area contributed by atoms with Crippen molar-refractivity contribution in [3.63, 3.8) is 0 Å². The summed E-state index contributed by atoms with van der Waals surface area (Å²) in [5.74, 6) is -0.798. The van der Waals surface area contributed by atoms with Gasteiger partial charge in [-0.05, 0) is 58.0 Å². The summed E-state index contributed by atoms with van der Waals surface area (Å²) in [7, 11) is 2.10. The van der Waals surface area contributed by atoms with Crippen molar-refractivity contribution in [2.24, 2.45) is 0 Å². The van der Waals surface area contributed by atoms with Crippen LogP contribution < -0.4 is 0 Å². The number of fused-ring (bicyclic) bond motifs is 1. The van der Waals surface area contributed by atoms with E-state index in [0.29, 0.717) is 11.1 Å². The van der Waals surface area contributed by atoms with Crippen molar-refractivity contribution in [3.8, 4) is 0 Å². The number of hydrogen-bond acceptors (Lipinski definition) is 4. The van der Waals surface area contributed by atoms with Gasteiger partial charge in [0.05, 0.1) is 11.1 Å². The van der Waals surface area contributed by atoms with Gasteiger partial charge in [-0.25, -0.2) is 0 Å². The summed E-state index contributed by atoms with van der Waals surface area (Å²) in [6.45, 7) is 1.82. The number of rotatable bonds is 4. The third-order valence-corrected chi connectivity index (χ3v) is 5.48. The van der Waals surface area contributed by atoms with Crippen LogP contribution in [0.2, 0.25) is 0 Å². The molecule has 25 heavy (non-hydrogen) atoms. The molecule has 2 aliphatic heterocycles. The Morgan fingerprint density at radius 2 is 1.52 bits per heavy atom. The van der Waals surface area contributed by atoms with Crippen LogP contribution in [0.3, 0.4) is 0 Å². The zero-order valence-corrected chi connectivity index (χ0v) is 14.5. The van der Waals surface area contributed by atoms with Crippen LogP contribution in [0.5, 0.6) is 0 Å². The van der Waals surface area contributed by atoms with Crippen molar-refractivity contribution >= 4 is 17.7 Å². The van der Waals surface area contributed by atoms with E-state index in [2.05, 4.69) is 11.9 Å². The van der Waals surface area contributed by atoms with Crippen LogP contribution in [0.1, 0.15) is 46.4 Å². The summed E-state index contributed by atoms with van der Waals surface area (Å²) in [5, 5.41) is 0. The molecule has 0 unspecified atom stereocenters. The predicted octanol–water partition coefficient (Wildman–Crippen LogP) is 1.37. The van der Waals surface area contributed by atoms with Crippen LogP contribution in [0.15, 0.2) is 24.3 Å². The molecule has 2 fully saturated rings. The molecular weight excluding hydrogens is 318 g/mol. The molecule has 0 aromatic heterocycles. The summed E-state index contributed by atoms with van der Waals surface area (Å²) in [6, 6.07) is 7.29. The van der Waals surface area contributed by atoms with Crippen molar-refractivity contribution in [2.75, 3.05) is 26.7 Å². The normalized spacial score (nSPS) is 21.6. The lowest BCUT2D eigenvalue weighted by Crippen LogP contribution is -2.51. The van der Waals surface area contributed by atoms with Gasteiger partial charge in [-0.3, -0.25) is 19.3 Å². The van der Waals surface area contributed by atoms with Crippen molar-refractivity contribution < 1.29 is 14.4 Å². The minimum atomic E-state index is -0.354. The molecule has 6 heteroatoms. The van der Waals surface area contributed by atoms with Gasteiger partial charge in [-0.1, -0.05) is 12.1 Å². The fourth-order valence-electron chi connectivity index (χ4n) is 3.93. The van der Waals surface area contributed by atoms with Crippen molar-refractivity contribution in [1.82, 2.24) is 14.7 Å². The van der Waals surface area contributed by atoms with Gasteiger partial charge < -0.3 is 9.80 Å². The maximum absolute atomic E-state index is 13.0. The van der Waals surface area contributed by atoms with E-state index in [9.17, 15) is 14.4 Å². The number of carbonyl (C=O) groups is 3. The van der Waals surface area contributed by atoms with Gasteiger partial charge >= 0.3 is 0 Å². The number of amides is 3. The highest BCUT2D eigenvalue weighted by Crippen LogP contribution is 2.32. The van der Waals surface area contributed by atoms with E-state index >= 15 is 0 Å². The zero-order chi connectivity index (χ0) is 17.6. The second kappa shape index (κ2) is 6.26. The molecule has 1 aromatic rings. The predicted molar refractivity (Wildman–Crippen MR) is 92.2 cm³/mol. The van der Waals surface area contributed by atoms with Crippen LogP contribution >= 0.6 is 0 Å². The molecular formula is C19H23N3O3. The van der Waals surface area contributed by atoms with E-state index in [4.69, 9.17) is 0 Å². The first-order valence-corrected chi connectivity index (χ1v) is 9.01. The van der Waals surface area contributed by atoms with Crippen LogP contribution in [-0.2, 0) is 4.79 Å². The minimum Gasteiger partial charge on any atom is -0.335 e. The first-order chi connectivity index (χ1) is 12.1. The Balaban J connectivity index is 1.49. The number of imide groups is 1.